The van der Waals surface area contributed by atoms with Crippen LogP contribution in [0.15, 0.2) is 42.1 Å². The fraction of sp³-hybridized carbons (Fsp3) is 0.231. The molecule has 0 spiro atoms. The molecular weight excluding hydrogens is 332 g/mol. The normalized spacial score (nSPS) is 11.6. The number of rotatable bonds is 6. The average Bonchev–Trinajstić information content (AvgIpc) is 3.17. The first-order valence-electron chi connectivity index (χ1n) is 7.10. The van der Waals surface area contributed by atoms with E-state index in [9.17, 15) is 8.42 Å². The van der Waals surface area contributed by atoms with E-state index in [1.54, 1.807) is 30.1 Å². The third-order valence-corrected chi connectivity index (χ3v) is 4.57. The van der Waals surface area contributed by atoms with Gasteiger partial charge in [-0.1, -0.05) is 6.92 Å². The summed E-state index contributed by atoms with van der Waals surface area (Å²) in [4.78, 5) is 8.31. The Morgan fingerprint density at radius 2 is 2.00 bits per heavy atom. The van der Waals surface area contributed by atoms with Crippen molar-refractivity contribution in [3.05, 3.63) is 37.2 Å². The lowest BCUT2D eigenvalue weighted by molar-refractivity contribution is 0.584. The summed E-state index contributed by atoms with van der Waals surface area (Å²) in [6, 6.07) is 1.66. The minimum atomic E-state index is -3.56. The maximum atomic E-state index is 12.0. The molecule has 0 saturated carbocycles. The summed E-state index contributed by atoms with van der Waals surface area (Å²) in [5, 5.41) is 11.2. The van der Waals surface area contributed by atoms with Crippen molar-refractivity contribution in [2.45, 2.75) is 11.8 Å². The molecule has 24 heavy (non-hydrogen) atoms. The topological polar surface area (TPSA) is 120 Å². The molecule has 0 aliphatic heterocycles. The van der Waals surface area contributed by atoms with Crippen molar-refractivity contribution in [3.63, 3.8) is 0 Å². The standard InChI is InChI=1S/C13H16N8O2S/c1-3-18-24(22,23)11-6-17-21(8-11)13-4-12(14-9-15-13)19-10-5-16-20(2)7-10/h4-9,18H,3H2,1-2H3,(H,14,15,19). The molecule has 10 nitrogen and oxygen atoms in total. The zero-order valence-electron chi connectivity index (χ0n) is 13.1. The van der Waals surface area contributed by atoms with Crippen LogP contribution < -0.4 is 10.0 Å². The summed E-state index contributed by atoms with van der Waals surface area (Å²) in [5.41, 5.74) is 0.776. The third-order valence-electron chi connectivity index (χ3n) is 3.07. The molecule has 0 aliphatic carbocycles. The number of hydrogen-bond donors (Lipinski definition) is 2. The second-order valence-corrected chi connectivity index (χ2v) is 6.68. The summed E-state index contributed by atoms with van der Waals surface area (Å²) in [6.07, 6.45) is 7.50. The molecule has 3 heterocycles. The first kappa shape index (κ1) is 16.1. The Morgan fingerprint density at radius 3 is 2.71 bits per heavy atom. The SMILES string of the molecule is CCNS(=O)(=O)c1cnn(-c2cc(Nc3cnn(C)c3)ncn2)c1. The molecule has 3 rings (SSSR count). The molecule has 2 N–H and O–H groups in total. The fourth-order valence-electron chi connectivity index (χ4n) is 2.02. The molecular formula is C13H16N8O2S. The van der Waals surface area contributed by atoms with Crippen LogP contribution in [0.1, 0.15) is 6.92 Å². The van der Waals surface area contributed by atoms with E-state index in [2.05, 4.69) is 30.2 Å². The van der Waals surface area contributed by atoms with Crippen molar-refractivity contribution in [1.82, 2.24) is 34.3 Å². The van der Waals surface area contributed by atoms with Crippen LogP contribution in [0.3, 0.4) is 0 Å². The van der Waals surface area contributed by atoms with Gasteiger partial charge in [0, 0.05) is 25.9 Å². The highest BCUT2D eigenvalue weighted by atomic mass is 32.2. The van der Waals surface area contributed by atoms with Gasteiger partial charge in [-0.15, -0.1) is 0 Å². The maximum Gasteiger partial charge on any atom is 0.243 e. The Morgan fingerprint density at radius 1 is 1.17 bits per heavy atom. The number of sulfonamides is 1. The average molecular weight is 348 g/mol. The third kappa shape index (κ3) is 3.41. The van der Waals surface area contributed by atoms with Crippen LogP contribution >= 0.6 is 0 Å². The second-order valence-electron chi connectivity index (χ2n) is 4.91. The molecule has 3 aromatic rings. The molecule has 0 aliphatic rings. The zero-order valence-corrected chi connectivity index (χ0v) is 13.9. The molecule has 0 radical (unpaired) electrons. The molecule has 0 amide bonds. The lowest BCUT2D eigenvalue weighted by Crippen LogP contribution is -2.22. The monoisotopic (exact) mass is 348 g/mol. The Hall–Kier alpha value is -2.79. The van der Waals surface area contributed by atoms with Gasteiger partial charge >= 0.3 is 0 Å². The van der Waals surface area contributed by atoms with Crippen molar-refractivity contribution >= 4 is 21.5 Å². The molecule has 0 fully saturated rings. The smallest absolute Gasteiger partial charge is 0.243 e. The summed E-state index contributed by atoms with van der Waals surface area (Å²) < 4.78 is 29.4. The van der Waals surface area contributed by atoms with Crippen LogP contribution in [0.2, 0.25) is 0 Å². The van der Waals surface area contributed by atoms with Crippen molar-refractivity contribution < 1.29 is 8.42 Å². The summed E-state index contributed by atoms with van der Waals surface area (Å²) in [7, 11) is -1.74. The Kier molecular flexibility index (Phi) is 4.27. The van der Waals surface area contributed by atoms with Gasteiger partial charge < -0.3 is 5.32 Å². The van der Waals surface area contributed by atoms with Crippen LogP contribution in [0.4, 0.5) is 11.5 Å². The van der Waals surface area contributed by atoms with E-state index >= 15 is 0 Å². The number of aryl methyl sites for hydroxylation is 1. The van der Waals surface area contributed by atoms with Crippen LogP contribution in [0.25, 0.3) is 5.82 Å². The lowest BCUT2D eigenvalue weighted by atomic mass is 10.5. The fourth-order valence-corrected chi connectivity index (χ4v) is 2.99. The number of nitrogens with zero attached hydrogens (tertiary/aromatic N) is 6. The molecule has 0 atom stereocenters. The van der Waals surface area contributed by atoms with Crippen molar-refractivity contribution in [2.24, 2.45) is 7.05 Å². The number of anilines is 2. The minimum Gasteiger partial charge on any atom is -0.338 e. The maximum absolute atomic E-state index is 12.0. The van der Waals surface area contributed by atoms with E-state index in [-0.39, 0.29) is 4.90 Å². The number of nitrogens with one attached hydrogen (secondary N) is 2. The first-order chi connectivity index (χ1) is 11.5. The molecule has 3 aromatic heterocycles. The predicted octanol–water partition coefficient (Wildman–Crippen LogP) is 0.438. The van der Waals surface area contributed by atoms with Gasteiger partial charge in [-0.2, -0.15) is 10.2 Å². The number of hydrogen-bond acceptors (Lipinski definition) is 7. The van der Waals surface area contributed by atoms with E-state index in [0.29, 0.717) is 18.2 Å². The van der Waals surface area contributed by atoms with Gasteiger partial charge in [0.25, 0.3) is 0 Å². The van der Waals surface area contributed by atoms with Gasteiger partial charge in [0.15, 0.2) is 5.82 Å². The Bertz CT molecular complexity index is 946. The first-order valence-corrected chi connectivity index (χ1v) is 8.58. The van der Waals surface area contributed by atoms with E-state index in [4.69, 9.17) is 0 Å². The summed E-state index contributed by atoms with van der Waals surface area (Å²) in [6.45, 7) is 2.02. The minimum absolute atomic E-state index is 0.0738. The van der Waals surface area contributed by atoms with Gasteiger partial charge in [-0.25, -0.2) is 27.8 Å². The van der Waals surface area contributed by atoms with Crippen molar-refractivity contribution in [3.8, 4) is 5.82 Å². The second kappa shape index (κ2) is 6.37. The highest BCUT2D eigenvalue weighted by molar-refractivity contribution is 7.89. The van der Waals surface area contributed by atoms with E-state index < -0.39 is 10.0 Å². The highest BCUT2D eigenvalue weighted by Crippen LogP contribution is 2.16. The largest absolute Gasteiger partial charge is 0.338 e. The Balaban J connectivity index is 1.85. The quantitative estimate of drug-likeness (QED) is 0.663. The predicted molar refractivity (Wildman–Crippen MR) is 86.5 cm³/mol. The van der Waals surface area contributed by atoms with Crippen LogP contribution in [-0.4, -0.2) is 44.5 Å². The van der Waals surface area contributed by atoms with Gasteiger partial charge in [0.1, 0.15) is 17.0 Å². The molecule has 0 unspecified atom stereocenters. The highest BCUT2D eigenvalue weighted by Gasteiger charge is 2.16. The zero-order chi connectivity index (χ0) is 17.2. The van der Waals surface area contributed by atoms with Crippen LogP contribution in [-0.2, 0) is 17.1 Å². The Labute approximate surface area is 138 Å². The molecule has 0 aromatic carbocycles. The molecule has 126 valence electrons. The van der Waals surface area contributed by atoms with Crippen LogP contribution in [0.5, 0.6) is 0 Å². The van der Waals surface area contributed by atoms with Crippen molar-refractivity contribution in [1.29, 1.82) is 0 Å². The molecule has 11 heteroatoms. The molecule has 0 bridgehead atoms. The van der Waals surface area contributed by atoms with Crippen LogP contribution in [0, 0.1) is 0 Å². The van der Waals surface area contributed by atoms with Gasteiger partial charge in [0.2, 0.25) is 10.0 Å². The van der Waals surface area contributed by atoms with E-state index in [0.717, 1.165) is 5.69 Å². The van der Waals surface area contributed by atoms with E-state index in [1.807, 2.05) is 7.05 Å². The van der Waals surface area contributed by atoms with Crippen molar-refractivity contribution in [2.75, 3.05) is 11.9 Å². The summed E-state index contributed by atoms with van der Waals surface area (Å²) >= 11 is 0. The van der Waals surface area contributed by atoms with Gasteiger partial charge in [0.05, 0.1) is 24.3 Å². The summed E-state index contributed by atoms with van der Waals surface area (Å²) in [5.74, 6) is 0.980. The van der Waals surface area contributed by atoms with Gasteiger partial charge in [-0.05, 0) is 0 Å². The molecule has 0 saturated heterocycles. The van der Waals surface area contributed by atoms with Gasteiger partial charge in [-0.3, -0.25) is 4.68 Å². The lowest BCUT2D eigenvalue weighted by Gasteiger charge is -2.04. The number of aromatic nitrogens is 6. The van der Waals surface area contributed by atoms with E-state index in [1.165, 1.54) is 23.4 Å².